The van der Waals surface area contributed by atoms with Crippen molar-refractivity contribution in [2.24, 2.45) is 5.73 Å². The Hall–Kier alpha value is -2.53. The van der Waals surface area contributed by atoms with Crippen LogP contribution in [0.5, 0.6) is 0 Å². The zero-order chi connectivity index (χ0) is 14.8. The number of rotatable bonds is 3. The summed E-state index contributed by atoms with van der Waals surface area (Å²) < 4.78 is 15.3. The molecule has 3 rings (SSSR count). The molecule has 106 valence electrons. The van der Waals surface area contributed by atoms with Crippen LogP contribution >= 0.6 is 0 Å². The molecule has 0 bridgehead atoms. The van der Waals surface area contributed by atoms with Crippen molar-refractivity contribution in [3.05, 3.63) is 66.1 Å². The molecule has 0 saturated heterocycles. The van der Waals surface area contributed by atoms with Gasteiger partial charge in [-0.05, 0) is 36.8 Å². The number of nitrogens with two attached hydrogens (primary N) is 1. The Labute approximate surface area is 122 Å². The highest BCUT2D eigenvalue weighted by molar-refractivity contribution is 5.66. The van der Waals surface area contributed by atoms with Gasteiger partial charge in [0.15, 0.2) is 0 Å². The summed E-state index contributed by atoms with van der Waals surface area (Å²) in [5.74, 6) is -0.310. The van der Waals surface area contributed by atoms with Crippen LogP contribution in [0.2, 0.25) is 0 Å². The van der Waals surface area contributed by atoms with Crippen LogP contribution in [0.3, 0.4) is 0 Å². The van der Waals surface area contributed by atoms with Crippen LogP contribution in [0.1, 0.15) is 18.5 Å². The first-order chi connectivity index (χ1) is 10.2. The zero-order valence-corrected chi connectivity index (χ0v) is 11.6. The maximum absolute atomic E-state index is 13.6. The van der Waals surface area contributed by atoms with Crippen molar-refractivity contribution < 1.29 is 4.39 Å². The minimum Gasteiger partial charge on any atom is -0.324 e. The molecular weight excluding hydrogens is 267 g/mol. The number of hydrogen-bond acceptors (Lipinski definition) is 3. The Morgan fingerprint density at radius 1 is 1.14 bits per heavy atom. The van der Waals surface area contributed by atoms with Crippen LogP contribution in [0.25, 0.3) is 16.9 Å². The molecule has 0 amide bonds. The van der Waals surface area contributed by atoms with E-state index in [0.717, 1.165) is 11.3 Å². The Morgan fingerprint density at radius 2 is 1.90 bits per heavy atom. The fourth-order valence-corrected chi connectivity index (χ4v) is 2.33. The molecule has 0 aliphatic heterocycles. The maximum Gasteiger partial charge on any atom is 0.123 e. The van der Waals surface area contributed by atoms with E-state index in [9.17, 15) is 4.39 Å². The summed E-state index contributed by atoms with van der Waals surface area (Å²) in [5, 5.41) is 8.05. The average Bonchev–Trinajstić information content (AvgIpc) is 2.97. The Balaban J connectivity index is 2.19. The van der Waals surface area contributed by atoms with Gasteiger partial charge in [0.05, 0.1) is 17.6 Å². The van der Waals surface area contributed by atoms with Crippen molar-refractivity contribution >= 4 is 0 Å². The molecule has 2 N–H and O–H groups in total. The second-order valence-corrected chi connectivity index (χ2v) is 4.89. The molecule has 0 aliphatic rings. The van der Waals surface area contributed by atoms with Crippen molar-refractivity contribution in [2.45, 2.75) is 13.0 Å². The third-order valence-corrected chi connectivity index (χ3v) is 3.33. The third-order valence-electron chi connectivity index (χ3n) is 3.33. The summed E-state index contributed by atoms with van der Waals surface area (Å²) in [6, 6.07) is 14.0. The predicted octanol–water partition coefficient (Wildman–Crippen LogP) is 3.09. The number of para-hydroxylation sites is 1. The van der Waals surface area contributed by atoms with E-state index < -0.39 is 0 Å². The first kappa shape index (κ1) is 13.5. The van der Waals surface area contributed by atoms with E-state index in [2.05, 4.69) is 10.3 Å². The molecule has 0 fully saturated rings. The molecule has 4 nitrogen and oxygen atoms in total. The zero-order valence-electron chi connectivity index (χ0n) is 11.6. The summed E-state index contributed by atoms with van der Waals surface area (Å²) in [7, 11) is 0. The van der Waals surface area contributed by atoms with Crippen molar-refractivity contribution in [1.82, 2.24) is 15.0 Å². The van der Waals surface area contributed by atoms with Gasteiger partial charge in [0.1, 0.15) is 5.82 Å². The van der Waals surface area contributed by atoms with Crippen LogP contribution in [0.4, 0.5) is 4.39 Å². The lowest BCUT2D eigenvalue weighted by atomic mass is 9.99. The van der Waals surface area contributed by atoms with Crippen molar-refractivity contribution in [3.8, 4) is 16.9 Å². The fraction of sp³-hybridized carbons (Fsp3) is 0.125. The van der Waals surface area contributed by atoms with Crippen LogP contribution in [-0.2, 0) is 0 Å². The molecular formula is C16H15FN4. The maximum atomic E-state index is 13.6. The molecule has 0 saturated carbocycles. The van der Waals surface area contributed by atoms with E-state index in [1.807, 2.05) is 37.3 Å². The number of halogens is 1. The fourth-order valence-electron chi connectivity index (χ4n) is 2.33. The summed E-state index contributed by atoms with van der Waals surface area (Å²) in [5.41, 5.74) is 9.13. The lowest BCUT2D eigenvalue weighted by molar-refractivity contribution is 0.626. The second-order valence-electron chi connectivity index (χ2n) is 4.89. The Morgan fingerprint density at radius 3 is 2.62 bits per heavy atom. The van der Waals surface area contributed by atoms with Crippen LogP contribution in [0, 0.1) is 5.82 Å². The standard InChI is InChI=1S/C16H15FN4/c1-11(18)14-8-7-12(17)9-15(14)16-10-19-20-21(16)13-5-3-2-4-6-13/h2-11H,18H2,1H3. The summed E-state index contributed by atoms with van der Waals surface area (Å²) >= 11 is 0. The first-order valence-corrected chi connectivity index (χ1v) is 6.68. The highest BCUT2D eigenvalue weighted by atomic mass is 19.1. The smallest absolute Gasteiger partial charge is 0.123 e. The van der Waals surface area contributed by atoms with Gasteiger partial charge in [-0.3, -0.25) is 0 Å². The summed E-state index contributed by atoms with van der Waals surface area (Å²) in [6.07, 6.45) is 1.62. The summed E-state index contributed by atoms with van der Waals surface area (Å²) in [4.78, 5) is 0. The molecule has 0 spiro atoms. The van der Waals surface area contributed by atoms with E-state index in [1.165, 1.54) is 12.1 Å². The van der Waals surface area contributed by atoms with E-state index in [4.69, 9.17) is 5.73 Å². The van der Waals surface area contributed by atoms with Gasteiger partial charge in [-0.25, -0.2) is 9.07 Å². The monoisotopic (exact) mass is 282 g/mol. The second kappa shape index (κ2) is 5.46. The molecule has 1 heterocycles. The van der Waals surface area contributed by atoms with Crippen molar-refractivity contribution in [3.63, 3.8) is 0 Å². The van der Waals surface area contributed by atoms with Crippen LogP contribution in [-0.4, -0.2) is 15.0 Å². The van der Waals surface area contributed by atoms with Gasteiger partial charge in [-0.1, -0.05) is 29.5 Å². The lowest BCUT2D eigenvalue weighted by Crippen LogP contribution is -2.08. The first-order valence-electron chi connectivity index (χ1n) is 6.68. The Kier molecular flexibility index (Phi) is 3.50. The van der Waals surface area contributed by atoms with Crippen molar-refractivity contribution in [2.75, 3.05) is 0 Å². The molecule has 0 radical (unpaired) electrons. The molecule has 1 atom stereocenters. The molecule has 2 aromatic carbocycles. The quantitative estimate of drug-likeness (QED) is 0.803. The van der Waals surface area contributed by atoms with Crippen LogP contribution in [0.15, 0.2) is 54.7 Å². The van der Waals surface area contributed by atoms with Gasteiger partial charge in [0.2, 0.25) is 0 Å². The van der Waals surface area contributed by atoms with Gasteiger partial charge < -0.3 is 5.73 Å². The largest absolute Gasteiger partial charge is 0.324 e. The number of aromatic nitrogens is 3. The van der Waals surface area contributed by atoms with Crippen LogP contribution < -0.4 is 5.73 Å². The summed E-state index contributed by atoms with van der Waals surface area (Å²) in [6.45, 7) is 1.87. The molecule has 1 unspecified atom stereocenters. The van der Waals surface area contributed by atoms with Gasteiger partial charge in [-0.2, -0.15) is 0 Å². The molecule has 21 heavy (non-hydrogen) atoms. The van der Waals surface area contributed by atoms with Gasteiger partial charge in [0, 0.05) is 11.6 Å². The topological polar surface area (TPSA) is 56.7 Å². The number of nitrogens with zero attached hydrogens (tertiary/aromatic N) is 3. The normalized spacial score (nSPS) is 12.3. The van der Waals surface area contributed by atoms with Crippen molar-refractivity contribution in [1.29, 1.82) is 0 Å². The van der Waals surface area contributed by atoms with Gasteiger partial charge in [0.25, 0.3) is 0 Å². The van der Waals surface area contributed by atoms with Gasteiger partial charge in [-0.15, -0.1) is 5.10 Å². The molecule has 5 heteroatoms. The molecule has 3 aromatic rings. The predicted molar refractivity (Wildman–Crippen MR) is 79.4 cm³/mol. The minimum absolute atomic E-state index is 0.209. The lowest BCUT2D eigenvalue weighted by Gasteiger charge is -2.14. The minimum atomic E-state index is -0.310. The SMILES string of the molecule is CC(N)c1ccc(F)cc1-c1cnnn1-c1ccccc1. The highest BCUT2D eigenvalue weighted by Gasteiger charge is 2.15. The van der Waals surface area contributed by atoms with E-state index in [1.54, 1.807) is 16.9 Å². The molecule has 0 aliphatic carbocycles. The molecule has 1 aromatic heterocycles. The average molecular weight is 282 g/mol. The van der Waals surface area contributed by atoms with E-state index in [0.29, 0.717) is 11.3 Å². The van der Waals surface area contributed by atoms with E-state index in [-0.39, 0.29) is 11.9 Å². The number of hydrogen-bond donors (Lipinski definition) is 1. The Bertz CT molecular complexity index is 750. The van der Waals surface area contributed by atoms with Gasteiger partial charge >= 0.3 is 0 Å². The highest BCUT2D eigenvalue weighted by Crippen LogP contribution is 2.29. The third kappa shape index (κ3) is 2.55. The number of benzene rings is 2. The van der Waals surface area contributed by atoms with E-state index >= 15 is 0 Å².